The van der Waals surface area contributed by atoms with Crippen LogP contribution in [0.25, 0.3) is 16.2 Å². The second-order valence-electron chi connectivity index (χ2n) is 5.76. The van der Waals surface area contributed by atoms with Crippen molar-refractivity contribution in [1.29, 1.82) is 0 Å². The molecular weight excluding hydrogens is 396 g/mol. The highest BCUT2D eigenvalue weighted by molar-refractivity contribution is 7.13. The number of nitro groups is 1. The van der Waals surface area contributed by atoms with Crippen LogP contribution in [0.3, 0.4) is 0 Å². The summed E-state index contributed by atoms with van der Waals surface area (Å²) in [5.41, 5.74) is 7.32. The zero-order chi connectivity index (χ0) is 20.4. The minimum absolute atomic E-state index is 0.0856. The highest BCUT2D eigenvalue weighted by Gasteiger charge is 2.18. The van der Waals surface area contributed by atoms with Crippen LogP contribution in [-0.2, 0) is 4.84 Å². The first-order chi connectivity index (χ1) is 14.0. The molecule has 2 N–H and O–H groups in total. The van der Waals surface area contributed by atoms with E-state index >= 15 is 0 Å². The molecule has 1 aromatic carbocycles. The minimum Gasteiger partial charge on any atom is -0.380 e. The van der Waals surface area contributed by atoms with Crippen LogP contribution in [0.2, 0.25) is 0 Å². The molecular formula is C18H12N6O4S. The average molecular weight is 408 g/mol. The van der Waals surface area contributed by atoms with Gasteiger partial charge in [-0.05, 0) is 29.6 Å². The molecule has 4 aromatic rings. The summed E-state index contributed by atoms with van der Waals surface area (Å²) in [6.45, 7) is 0. The summed E-state index contributed by atoms with van der Waals surface area (Å²) < 4.78 is 1.55. The first kappa shape index (κ1) is 18.3. The van der Waals surface area contributed by atoms with Gasteiger partial charge >= 0.3 is 5.97 Å². The molecule has 0 spiro atoms. The van der Waals surface area contributed by atoms with Gasteiger partial charge in [0.15, 0.2) is 11.5 Å². The van der Waals surface area contributed by atoms with Crippen LogP contribution >= 0.6 is 11.3 Å². The van der Waals surface area contributed by atoms with E-state index < -0.39 is 10.9 Å². The van der Waals surface area contributed by atoms with Gasteiger partial charge in [0.1, 0.15) is 5.56 Å². The van der Waals surface area contributed by atoms with Crippen molar-refractivity contribution in [1.82, 2.24) is 14.6 Å². The predicted molar refractivity (Wildman–Crippen MR) is 106 cm³/mol. The molecule has 144 valence electrons. The number of nitro benzene ring substituents is 1. The van der Waals surface area contributed by atoms with Crippen molar-refractivity contribution >= 4 is 34.5 Å². The van der Waals surface area contributed by atoms with E-state index in [-0.39, 0.29) is 17.1 Å². The number of rotatable bonds is 5. The maximum Gasteiger partial charge on any atom is 0.371 e. The standard InChI is InChI=1S/C18H12N6O4S/c19-16(11-3-5-12(6-4-11)24(26)27)22-28-18(25)13-10-21-23-14(7-8-20-17(13)23)15-2-1-9-29-15/h1-10H,(H2,19,22). The van der Waals surface area contributed by atoms with Crippen LogP contribution in [0.1, 0.15) is 15.9 Å². The van der Waals surface area contributed by atoms with Crippen molar-refractivity contribution in [2.24, 2.45) is 10.9 Å². The Morgan fingerprint density at radius 1 is 1.24 bits per heavy atom. The van der Waals surface area contributed by atoms with E-state index in [1.807, 2.05) is 17.5 Å². The maximum atomic E-state index is 12.4. The topological polar surface area (TPSA) is 138 Å². The highest BCUT2D eigenvalue weighted by atomic mass is 32.1. The van der Waals surface area contributed by atoms with Gasteiger partial charge in [0.2, 0.25) is 0 Å². The fourth-order valence-electron chi connectivity index (χ4n) is 2.59. The van der Waals surface area contributed by atoms with Crippen LogP contribution in [0.5, 0.6) is 0 Å². The number of fused-ring (bicyclic) bond motifs is 1. The lowest BCUT2D eigenvalue weighted by atomic mass is 10.2. The maximum absolute atomic E-state index is 12.4. The second-order valence-corrected chi connectivity index (χ2v) is 6.71. The van der Waals surface area contributed by atoms with Gasteiger partial charge in [-0.1, -0.05) is 11.2 Å². The molecule has 0 bridgehead atoms. The van der Waals surface area contributed by atoms with Crippen molar-refractivity contribution in [3.05, 3.63) is 81.5 Å². The molecule has 0 aliphatic rings. The van der Waals surface area contributed by atoms with E-state index in [2.05, 4.69) is 15.2 Å². The molecule has 0 aliphatic carbocycles. The molecule has 0 saturated heterocycles. The van der Waals surface area contributed by atoms with Crippen molar-refractivity contribution in [2.45, 2.75) is 0 Å². The molecule has 4 rings (SSSR count). The Kier molecular flexibility index (Phi) is 4.71. The molecule has 0 saturated carbocycles. The number of oxime groups is 1. The van der Waals surface area contributed by atoms with Gasteiger partial charge in [0, 0.05) is 23.9 Å². The number of nitrogens with two attached hydrogens (primary N) is 1. The van der Waals surface area contributed by atoms with Gasteiger partial charge in [-0.3, -0.25) is 10.1 Å². The Labute approximate surface area is 167 Å². The average Bonchev–Trinajstić information content (AvgIpc) is 3.41. The molecule has 10 nitrogen and oxygen atoms in total. The van der Waals surface area contributed by atoms with Gasteiger partial charge in [-0.15, -0.1) is 11.3 Å². The number of hydrogen-bond donors (Lipinski definition) is 1. The first-order valence-corrected chi connectivity index (χ1v) is 9.09. The Morgan fingerprint density at radius 3 is 2.72 bits per heavy atom. The number of hydrogen-bond acceptors (Lipinski definition) is 8. The zero-order valence-corrected chi connectivity index (χ0v) is 15.4. The number of carbonyl (C=O) groups excluding carboxylic acids is 1. The molecule has 0 amide bonds. The number of thiophene rings is 1. The fraction of sp³-hybridized carbons (Fsp3) is 0. The first-order valence-electron chi connectivity index (χ1n) is 8.21. The summed E-state index contributed by atoms with van der Waals surface area (Å²) in [6, 6.07) is 11.0. The second kappa shape index (κ2) is 7.48. The zero-order valence-electron chi connectivity index (χ0n) is 14.6. The lowest BCUT2D eigenvalue weighted by molar-refractivity contribution is -0.384. The lowest BCUT2D eigenvalue weighted by Gasteiger charge is -2.02. The van der Waals surface area contributed by atoms with Crippen LogP contribution < -0.4 is 5.73 Å². The third-order valence-electron chi connectivity index (χ3n) is 4.00. The Morgan fingerprint density at radius 2 is 2.03 bits per heavy atom. The quantitative estimate of drug-likeness (QED) is 0.176. The number of non-ortho nitro benzene ring substituents is 1. The lowest BCUT2D eigenvalue weighted by Crippen LogP contribution is -2.15. The number of carbonyl (C=O) groups is 1. The molecule has 0 atom stereocenters. The molecule has 0 radical (unpaired) electrons. The van der Waals surface area contributed by atoms with Gasteiger partial charge in [-0.2, -0.15) is 5.10 Å². The summed E-state index contributed by atoms with van der Waals surface area (Å²) >= 11 is 1.54. The van der Waals surface area contributed by atoms with E-state index in [0.29, 0.717) is 11.2 Å². The van der Waals surface area contributed by atoms with Gasteiger partial charge in [-0.25, -0.2) is 14.3 Å². The van der Waals surface area contributed by atoms with Gasteiger partial charge < -0.3 is 10.6 Å². The van der Waals surface area contributed by atoms with E-state index in [9.17, 15) is 14.9 Å². The van der Waals surface area contributed by atoms with Crippen LogP contribution in [0.15, 0.2) is 65.4 Å². The van der Waals surface area contributed by atoms with Crippen LogP contribution in [0.4, 0.5) is 5.69 Å². The highest BCUT2D eigenvalue weighted by Crippen LogP contribution is 2.25. The van der Waals surface area contributed by atoms with Crippen molar-refractivity contribution in [3.8, 4) is 10.6 Å². The summed E-state index contributed by atoms with van der Waals surface area (Å²) in [7, 11) is 0. The minimum atomic E-state index is -0.777. The van der Waals surface area contributed by atoms with Crippen LogP contribution in [0, 0.1) is 10.1 Å². The summed E-state index contributed by atoms with van der Waals surface area (Å²) in [4.78, 5) is 32.7. The molecule has 0 aliphatic heterocycles. The van der Waals surface area contributed by atoms with Crippen molar-refractivity contribution in [3.63, 3.8) is 0 Å². The summed E-state index contributed by atoms with van der Waals surface area (Å²) in [5.74, 6) is -0.877. The Balaban J connectivity index is 1.57. The van der Waals surface area contributed by atoms with Gasteiger partial charge in [0.05, 0.1) is 21.7 Å². The Bertz CT molecular complexity index is 1230. The molecule has 3 heterocycles. The molecule has 29 heavy (non-hydrogen) atoms. The molecule has 3 aromatic heterocycles. The third-order valence-corrected chi connectivity index (χ3v) is 4.89. The third kappa shape index (κ3) is 3.53. The number of amidine groups is 1. The molecule has 0 fully saturated rings. The number of nitrogens with zero attached hydrogens (tertiary/aromatic N) is 5. The Hall–Kier alpha value is -4.12. The summed E-state index contributed by atoms with van der Waals surface area (Å²) in [6.07, 6.45) is 2.93. The van der Waals surface area contributed by atoms with Crippen molar-refractivity contribution < 1.29 is 14.6 Å². The van der Waals surface area contributed by atoms with E-state index in [0.717, 1.165) is 10.6 Å². The number of aromatic nitrogens is 3. The fourth-order valence-corrected chi connectivity index (χ4v) is 3.33. The normalized spacial score (nSPS) is 11.5. The monoisotopic (exact) mass is 408 g/mol. The number of benzene rings is 1. The molecule has 11 heteroatoms. The van der Waals surface area contributed by atoms with E-state index in [1.165, 1.54) is 41.8 Å². The largest absolute Gasteiger partial charge is 0.380 e. The van der Waals surface area contributed by atoms with Gasteiger partial charge in [0.25, 0.3) is 5.69 Å². The van der Waals surface area contributed by atoms with Crippen LogP contribution in [-0.4, -0.2) is 31.3 Å². The van der Waals surface area contributed by atoms with Crippen molar-refractivity contribution in [2.75, 3.05) is 0 Å². The smallest absolute Gasteiger partial charge is 0.371 e. The van der Waals surface area contributed by atoms with E-state index in [4.69, 9.17) is 10.6 Å². The predicted octanol–water partition coefficient (Wildman–Crippen LogP) is 2.84. The molecule has 0 unspecified atom stereocenters. The summed E-state index contributed by atoms with van der Waals surface area (Å²) in [5, 5.41) is 20.5. The van der Waals surface area contributed by atoms with E-state index in [1.54, 1.807) is 16.8 Å². The SMILES string of the molecule is N/C(=N\OC(=O)c1cnn2c(-c3cccs3)ccnc12)c1ccc([N+](=O)[O-])cc1.